The highest BCUT2D eigenvalue weighted by Crippen LogP contribution is 2.30. The smallest absolute Gasteiger partial charge is 0.341 e. The molecule has 0 aliphatic carbocycles. The van der Waals surface area contributed by atoms with E-state index in [0.29, 0.717) is 5.56 Å². The Morgan fingerprint density at radius 2 is 1.75 bits per heavy atom. The minimum atomic E-state index is -3.91. The van der Waals surface area contributed by atoms with Gasteiger partial charge in [-0.05, 0) is 50.2 Å². The van der Waals surface area contributed by atoms with Crippen molar-refractivity contribution in [2.75, 3.05) is 0 Å². The lowest BCUT2D eigenvalue weighted by atomic mass is 10.0. The molecule has 1 atom stereocenters. The molecule has 1 aromatic heterocycles. The number of hydrogen-bond donors (Lipinski definition) is 2. The lowest BCUT2D eigenvalue weighted by molar-refractivity contribution is 0.0694. The highest BCUT2D eigenvalue weighted by atomic mass is 32.2. The van der Waals surface area contributed by atoms with Crippen LogP contribution in [0.4, 0.5) is 4.39 Å². The van der Waals surface area contributed by atoms with Crippen LogP contribution in [0.1, 0.15) is 34.6 Å². The van der Waals surface area contributed by atoms with E-state index >= 15 is 0 Å². The van der Waals surface area contributed by atoms with Crippen molar-refractivity contribution in [3.8, 4) is 11.3 Å². The lowest BCUT2D eigenvalue weighted by Gasteiger charge is -2.12. The van der Waals surface area contributed by atoms with Gasteiger partial charge in [0.05, 0.1) is 10.9 Å². The van der Waals surface area contributed by atoms with E-state index in [-0.39, 0.29) is 21.9 Å². The maximum absolute atomic E-state index is 13.1. The first kappa shape index (κ1) is 19.7. The first-order valence-corrected chi connectivity index (χ1v) is 9.75. The summed E-state index contributed by atoms with van der Waals surface area (Å²) in [5.74, 6) is -1.97. The molecule has 3 rings (SSSR count). The molecule has 0 bridgehead atoms. The molecule has 0 aliphatic rings. The second-order valence-electron chi connectivity index (χ2n) is 6.24. The molecule has 0 saturated carbocycles. The maximum atomic E-state index is 13.1. The predicted molar refractivity (Wildman–Crippen MR) is 98.8 cm³/mol. The number of carboxylic acid groups (broad SMARTS) is 1. The number of aromatic carboxylic acids is 1. The van der Waals surface area contributed by atoms with Gasteiger partial charge in [0.1, 0.15) is 17.1 Å². The summed E-state index contributed by atoms with van der Waals surface area (Å²) in [6.45, 7) is 3.28. The summed E-state index contributed by atoms with van der Waals surface area (Å²) in [5.41, 5.74) is 0.941. The van der Waals surface area contributed by atoms with Gasteiger partial charge < -0.3 is 9.63 Å². The zero-order valence-corrected chi connectivity index (χ0v) is 15.8. The summed E-state index contributed by atoms with van der Waals surface area (Å²) in [4.78, 5) is 11.8. The SMILES string of the molecule is Cc1ccc(S(=O)(=O)N[C@H](C)c2onc(-c3ccc(F)cc3)c2C(=O)O)cc1. The Labute approximate surface area is 160 Å². The molecule has 28 heavy (non-hydrogen) atoms. The van der Waals surface area contributed by atoms with Crippen molar-refractivity contribution in [2.24, 2.45) is 0 Å². The Balaban J connectivity index is 1.95. The zero-order valence-electron chi connectivity index (χ0n) is 15.0. The monoisotopic (exact) mass is 404 g/mol. The quantitative estimate of drug-likeness (QED) is 0.650. The Kier molecular flexibility index (Phi) is 5.30. The number of aromatic nitrogens is 1. The molecular weight excluding hydrogens is 387 g/mol. The number of carboxylic acids is 1. The minimum absolute atomic E-state index is 0.0103. The summed E-state index contributed by atoms with van der Waals surface area (Å²) in [6.07, 6.45) is 0. The second-order valence-corrected chi connectivity index (χ2v) is 7.95. The van der Waals surface area contributed by atoms with Crippen molar-refractivity contribution in [1.29, 1.82) is 0 Å². The molecule has 0 fully saturated rings. The third-order valence-corrected chi connectivity index (χ3v) is 5.66. The average Bonchev–Trinajstić information content (AvgIpc) is 3.08. The van der Waals surface area contributed by atoms with Gasteiger partial charge in [0.2, 0.25) is 10.0 Å². The van der Waals surface area contributed by atoms with Crippen molar-refractivity contribution >= 4 is 16.0 Å². The van der Waals surface area contributed by atoms with E-state index in [1.54, 1.807) is 12.1 Å². The number of nitrogens with zero attached hydrogens (tertiary/aromatic N) is 1. The van der Waals surface area contributed by atoms with Crippen molar-refractivity contribution in [1.82, 2.24) is 9.88 Å². The molecule has 7 nitrogen and oxygen atoms in total. The number of rotatable bonds is 6. The highest BCUT2D eigenvalue weighted by molar-refractivity contribution is 7.89. The fraction of sp³-hybridized carbons (Fsp3) is 0.158. The summed E-state index contributed by atoms with van der Waals surface area (Å²) >= 11 is 0. The average molecular weight is 404 g/mol. The molecule has 2 N–H and O–H groups in total. The fourth-order valence-corrected chi connectivity index (χ4v) is 3.88. The number of benzene rings is 2. The van der Waals surface area contributed by atoms with Gasteiger partial charge in [0.25, 0.3) is 0 Å². The third kappa shape index (κ3) is 3.95. The fourth-order valence-electron chi connectivity index (χ4n) is 2.68. The number of carbonyl (C=O) groups is 1. The van der Waals surface area contributed by atoms with Crippen molar-refractivity contribution in [2.45, 2.75) is 24.8 Å². The molecule has 0 spiro atoms. The Hall–Kier alpha value is -3.04. The summed E-state index contributed by atoms with van der Waals surface area (Å²) in [6, 6.07) is 10.3. The van der Waals surface area contributed by atoms with Gasteiger partial charge in [-0.25, -0.2) is 22.3 Å². The van der Waals surface area contributed by atoms with E-state index in [2.05, 4.69) is 9.88 Å². The number of hydrogen-bond acceptors (Lipinski definition) is 5. The van der Waals surface area contributed by atoms with Gasteiger partial charge in [0, 0.05) is 5.56 Å². The van der Waals surface area contributed by atoms with Crippen LogP contribution < -0.4 is 4.72 Å². The molecule has 0 radical (unpaired) electrons. The van der Waals surface area contributed by atoms with E-state index < -0.39 is 27.9 Å². The Morgan fingerprint density at radius 1 is 1.14 bits per heavy atom. The highest BCUT2D eigenvalue weighted by Gasteiger charge is 2.29. The number of nitrogens with one attached hydrogen (secondary N) is 1. The molecular formula is C19H17FN2O5S. The van der Waals surface area contributed by atoms with Crippen LogP contribution in [0, 0.1) is 12.7 Å². The zero-order chi connectivity index (χ0) is 20.5. The summed E-state index contributed by atoms with van der Waals surface area (Å²) in [5, 5.41) is 13.4. The van der Waals surface area contributed by atoms with Gasteiger partial charge in [-0.3, -0.25) is 0 Å². The van der Waals surface area contributed by atoms with Crippen molar-refractivity contribution in [3.63, 3.8) is 0 Å². The normalized spacial score (nSPS) is 12.7. The van der Waals surface area contributed by atoms with Gasteiger partial charge in [-0.2, -0.15) is 0 Å². The van der Waals surface area contributed by atoms with Gasteiger partial charge in [0.15, 0.2) is 5.76 Å². The van der Waals surface area contributed by atoms with E-state index in [1.807, 2.05) is 6.92 Å². The molecule has 146 valence electrons. The number of halogens is 1. The first-order chi connectivity index (χ1) is 13.2. The summed E-state index contributed by atoms with van der Waals surface area (Å²) in [7, 11) is -3.91. The molecule has 3 aromatic rings. The summed E-state index contributed by atoms with van der Waals surface area (Å²) < 4.78 is 45.8. The molecule has 0 aliphatic heterocycles. The van der Waals surface area contributed by atoms with E-state index in [9.17, 15) is 22.7 Å². The van der Waals surface area contributed by atoms with Crippen molar-refractivity contribution < 1.29 is 27.2 Å². The van der Waals surface area contributed by atoms with E-state index in [1.165, 1.54) is 43.3 Å². The van der Waals surface area contributed by atoms with Crippen LogP contribution in [0.5, 0.6) is 0 Å². The van der Waals surface area contributed by atoms with Crippen LogP contribution in [-0.2, 0) is 10.0 Å². The Bertz CT molecular complexity index is 1110. The van der Waals surface area contributed by atoms with Crippen LogP contribution >= 0.6 is 0 Å². The first-order valence-electron chi connectivity index (χ1n) is 8.27. The van der Waals surface area contributed by atoms with Crippen LogP contribution in [0.25, 0.3) is 11.3 Å². The second kappa shape index (κ2) is 7.53. The van der Waals surface area contributed by atoms with Crippen LogP contribution in [0.3, 0.4) is 0 Å². The molecule has 9 heteroatoms. The van der Waals surface area contributed by atoms with Crippen molar-refractivity contribution in [3.05, 3.63) is 71.2 Å². The number of aryl methyl sites for hydroxylation is 1. The van der Waals surface area contributed by atoms with E-state index in [4.69, 9.17) is 4.52 Å². The molecule has 2 aromatic carbocycles. The molecule has 1 heterocycles. The number of sulfonamides is 1. The van der Waals surface area contributed by atoms with E-state index in [0.717, 1.165) is 5.56 Å². The maximum Gasteiger partial charge on any atom is 0.341 e. The topological polar surface area (TPSA) is 110 Å². The largest absolute Gasteiger partial charge is 0.477 e. The standard InChI is InChI=1S/C19H17FN2O5S/c1-11-3-9-15(10-4-11)28(25,26)22-12(2)18-16(19(23)24)17(21-27-18)13-5-7-14(20)8-6-13/h3-10,12,22H,1-2H3,(H,23,24)/t12-/m1/s1. The predicted octanol–water partition coefficient (Wildman–Crippen LogP) is 3.53. The minimum Gasteiger partial charge on any atom is -0.477 e. The van der Waals surface area contributed by atoms with Gasteiger partial charge in [-0.1, -0.05) is 22.9 Å². The van der Waals surface area contributed by atoms with Crippen LogP contribution in [0.15, 0.2) is 57.9 Å². The molecule has 0 amide bonds. The third-order valence-electron chi connectivity index (χ3n) is 4.11. The Morgan fingerprint density at radius 3 is 2.32 bits per heavy atom. The molecule has 0 unspecified atom stereocenters. The van der Waals surface area contributed by atoms with Gasteiger partial charge in [-0.15, -0.1) is 0 Å². The van der Waals surface area contributed by atoms with Crippen LogP contribution in [-0.4, -0.2) is 24.7 Å². The van der Waals surface area contributed by atoms with Gasteiger partial charge >= 0.3 is 5.97 Å². The molecule has 0 saturated heterocycles. The lowest BCUT2D eigenvalue weighted by Crippen LogP contribution is -2.27. The van der Waals surface area contributed by atoms with Crippen LogP contribution in [0.2, 0.25) is 0 Å².